The molecule has 1 aromatic carbocycles. The number of carbonyl (C=O) groups excluding carboxylic acids is 1. The predicted molar refractivity (Wildman–Crippen MR) is 107 cm³/mol. The Hall–Kier alpha value is -2.80. The van der Waals surface area contributed by atoms with E-state index in [1.54, 1.807) is 0 Å². The largest absolute Gasteiger partial charge is 0.384 e. The Balaban J connectivity index is 1.46. The molecule has 142 valence electrons. The summed E-state index contributed by atoms with van der Waals surface area (Å²) in [4.78, 5) is 18.3. The van der Waals surface area contributed by atoms with Gasteiger partial charge in [-0.2, -0.15) is 0 Å². The Morgan fingerprint density at radius 2 is 1.96 bits per heavy atom. The minimum atomic E-state index is -0.470. The van der Waals surface area contributed by atoms with Gasteiger partial charge >= 0.3 is 0 Å². The number of carbonyl (C=O) groups is 1. The van der Waals surface area contributed by atoms with Gasteiger partial charge in [0.05, 0.1) is 24.5 Å². The van der Waals surface area contributed by atoms with Crippen LogP contribution in [0.15, 0.2) is 36.5 Å². The lowest BCUT2D eigenvalue weighted by molar-refractivity contribution is 0.100. The standard InChI is InChI=1S/C20H25N5O2/c21-20(26)17-13-23-19(11-18(17)22-12-14-1-2-14)24-15-3-5-16(6-4-15)25-7-9-27-10-8-25/h3-6,11,13-14H,1-2,7-10,12H2,(H2,21,26)(H2,22,23,24). The van der Waals surface area contributed by atoms with Crippen molar-refractivity contribution in [3.05, 3.63) is 42.1 Å². The van der Waals surface area contributed by atoms with Crippen molar-refractivity contribution in [2.45, 2.75) is 12.8 Å². The molecule has 7 heteroatoms. The number of hydrogen-bond acceptors (Lipinski definition) is 6. The molecule has 1 aliphatic heterocycles. The highest BCUT2D eigenvalue weighted by Gasteiger charge is 2.21. The molecular formula is C20H25N5O2. The van der Waals surface area contributed by atoms with Gasteiger partial charge in [-0.25, -0.2) is 4.98 Å². The summed E-state index contributed by atoms with van der Waals surface area (Å²) in [6.45, 7) is 4.23. The first-order valence-electron chi connectivity index (χ1n) is 9.42. The normalized spacial score (nSPS) is 16.8. The van der Waals surface area contributed by atoms with Crippen LogP contribution in [0, 0.1) is 5.92 Å². The number of morpholine rings is 1. The van der Waals surface area contributed by atoms with Gasteiger partial charge in [0.15, 0.2) is 0 Å². The number of rotatable bonds is 7. The first-order chi connectivity index (χ1) is 13.2. The molecule has 2 aromatic rings. The van der Waals surface area contributed by atoms with Crippen LogP contribution in [-0.4, -0.2) is 43.7 Å². The van der Waals surface area contributed by atoms with Crippen LogP contribution in [0.3, 0.4) is 0 Å². The number of ether oxygens (including phenoxy) is 1. The lowest BCUT2D eigenvalue weighted by atomic mass is 10.2. The zero-order valence-corrected chi connectivity index (χ0v) is 15.3. The number of amides is 1. The molecule has 1 saturated heterocycles. The van der Waals surface area contributed by atoms with E-state index >= 15 is 0 Å². The number of anilines is 4. The van der Waals surface area contributed by atoms with E-state index in [0.29, 0.717) is 17.3 Å². The maximum absolute atomic E-state index is 11.6. The van der Waals surface area contributed by atoms with E-state index in [1.807, 2.05) is 18.2 Å². The zero-order chi connectivity index (χ0) is 18.6. The third-order valence-corrected chi connectivity index (χ3v) is 4.96. The fourth-order valence-corrected chi connectivity index (χ4v) is 3.17. The molecule has 1 amide bonds. The van der Waals surface area contributed by atoms with Gasteiger partial charge in [0.1, 0.15) is 5.82 Å². The number of nitrogens with two attached hydrogens (primary N) is 1. The molecule has 27 heavy (non-hydrogen) atoms. The molecule has 0 atom stereocenters. The fraction of sp³-hybridized carbons (Fsp3) is 0.400. The van der Waals surface area contributed by atoms with E-state index in [2.05, 4.69) is 32.7 Å². The molecule has 0 spiro atoms. The first kappa shape index (κ1) is 17.6. The molecule has 2 fully saturated rings. The summed E-state index contributed by atoms with van der Waals surface area (Å²) in [6.07, 6.45) is 4.01. The molecule has 2 aliphatic rings. The Kier molecular flexibility index (Phi) is 5.11. The van der Waals surface area contributed by atoms with Crippen LogP contribution in [-0.2, 0) is 4.74 Å². The second-order valence-corrected chi connectivity index (χ2v) is 7.07. The Morgan fingerprint density at radius 3 is 2.63 bits per heavy atom. The van der Waals surface area contributed by atoms with Gasteiger partial charge < -0.3 is 26.0 Å². The number of hydrogen-bond donors (Lipinski definition) is 3. The van der Waals surface area contributed by atoms with E-state index in [0.717, 1.165) is 44.2 Å². The van der Waals surface area contributed by atoms with Gasteiger partial charge in [0.2, 0.25) is 0 Å². The minimum absolute atomic E-state index is 0.420. The monoisotopic (exact) mass is 367 g/mol. The molecule has 1 aliphatic carbocycles. The number of nitrogens with zero attached hydrogens (tertiary/aromatic N) is 2. The lowest BCUT2D eigenvalue weighted by Crippen LogP contribution is -2.36. The summed E-state index contributed by atoms with van der Waals surface area (Å²) in [5.41, 5.74) is 8.76. The van der Waals surface area contributed by atoms with E-state index in [1.165, 1.54) is 24.7 Å². The average Bonchev–Trinajstić information content (AvgIpc) is 3.52. The SMILES string of the molecule is NC(=O)c1cnc(Nc2ccc(N3CCOCC3)cc2)cc1NCC1CC1. The highest BCUT2D eigenvalue weighted by Crippen LogP contribution is 2.30. The molecule has 1 saturated carbocycles. The Morgan fingerprint density at radius 1 is 1.22 bits per heavy atom. The van der Waals surface area contributed by atoms with Gasteiger partial charge in [-0.05, 0) is 43.0 Å². The van der Waals surface area contributed by atoms with Crippen molar-refractivity contribution in [1.82, 2.24) is 4.98 Å². The predicted octanol–water partition coefficient (Wildman–Crippen LogP) is 2.58. The van der Waals surface area contributed by atoms with Crippen LogP contribution in [0.2, 0.25) is 0 Å². The van der Waals surface area contributed by atoms with Crippen LogP contribution in [0.1, 0.15) is 23.2 Å². The molecule has 0 radical (unpaired) electrons. The number of primary amides is 1. The van der Waals surface area contributed by atoms with E-state index < -0.39 is 5.91 Å². The summed E-state index contributed by atoms with van der Waals surface area (Å²) in [6, 6.07) is 10.1. The van der Waals surface area contributed by atoms with Crippen molar-refractivity contribution >= 4 is 28.8 Å². The van der Waals surface area contributed by atoms with Crippen molar-refractivity contribution in [2.75, 3.05) is 48.4 Å². The van der Waals surface area contributed by atoms with E-state index in [4.69, 9.17) is 10.5 Å². The number of aromatic nitrogens is 1. The maximum atomic E-state index is 11.6. The molecule has 2 heterocycles. The van der Waals surface area contributed by atoms with E-state index in [9.17, 15) is 4.79 Å². The highest BCUT2D eigenvalue weighted by molar-refractivity contribution is 5.98. The second-order valence-electron chi connectivity index (χ2n) is 7.07. The molecule has 4 N–H and O–H groups in total. The Bertz CT molecular complexity index is 799. The summed E-state index contributed by atoms with van der Waals surface area (Å²) < 4.78 is 5.40. The quantitative estimate of drug-likeness (QED) is 0.697. The maximum Gasteiger partial charge on any atom is 0.252 e. The van der Waals surface area contributed by atoms with E-state index in [-0.39, 0.29) is 0 Å². The van der Waals surface area contributed by atoms with Crippen molar-refractivity contribution in [1.29, 1.82) is 0 Å². The van der Waals surface area contributed by atoms with Crippen molar-refractivity contribution in [3.63, 3.8) is 0 Å². The molecule has 1 aromatic heterocycles. The van der Waals surface area contributed by atoms with Crippen molar-refractivity contribution < 1.29 is 9.53 Å². The van der Waals surface area contributed by atoms with Crippen LogP contribution in [0.25, 0.3) is 0 Å². The third-order valence-electron chi connectivity index (χ3n) is 4.96. The van der Waals surface area contributed by atoms with Crippen LogP contribution < -0.4 is 21.3 Å². The van der Waals surface area contributed by atoms with Gasteiger partial charge in [-0.1, -0.05) is 0 Å². The van der Waals surface area contributed by atoms with Crippen molar-refractivity contribution in [2.24, 2.45) is 11.7 Å². The van der Waals surface area contributed by atoms with Gasteiger partial charge in [0, 0.05) is 43.3 Å². The van der Waals surface area contributed by atoms with Crippen molar-refractivity contribution in [3.8, 4) is 0 Å². The third kappa shape index (κ3) is 4.49. The summed E-state index contributed by atoms with van der Waals surface area (Å²) in [7, 11) is 0. The molecule has 0 bridgehead atoms. The summed E-state index contributed by atoms with van der Waals surface area (Å²) in [5, 5.41) is 6.63. The van der Waals surface area contributed by atoms with Crippen LogP contribution >= 0.6 is 0 Å². The zero-order valence-electron chi connectivity index (χ0n) is 15.3. The van der Waals surface area contributed by atoms with Gasteiger partial charge in [-0.15, -0.1) is 0 Å². The second kappa shape index (κ2) is 7.84. The molecule has 7 nitrogen and oxygen atoms in total. The molecular weight excluding hydrogens is 342 g/mol. The first-order valence-corrected chi connectivity index (χ1v) is 9.42. The topological polar surface area (TPSA) is 92.5 Å². The fourth-order valence-electron chi connectivity index (χ4n) is 3.17. The highest BCUT2D eigenvalue weighted by atomic mass is 16.5. The summed E-state index contributed by atoms with van der Waals surface area (Å²) in [5.74, 6) is 0.905. The van der Waals surface area contributed by atoms with Crippen LogP contribution in [0.5, 0.6) is 0 Å². The number of nitrogens with one attached hydrogen (secondary N) is 2. The molecule has 0 unspecified atom stereocenters. The molecule has 4 rings (SSSR count). The lowest BCUT2D eigenvalue weighted by Gasteiger charge is -2.28. The number of pyridine rings is 1. The smallest absolute Gasteiger partial charge is 0.252 e. The Labute approximate surface area is 158 Å². The average molecular weight is 367 g/mol. The van der Waals surface area contributed by atoms with Gasteiger partial charge in [0.25, 0.3) is 5.91 Å². The van der Waals surface area contributed by atoms with Crippen LogP contribution in [0.4, 0.5) is 22.9 Å². The minimum Gasteiger partial charge on any atom is -0.384 e. The summed E-state index contributed by atoms with van der Waals surface area (Å²) >= 11 is 0. The number of benzene rings is 1. The van der Waals surface area contributed by atoms with Gasteiger partial charge in [-0.3, -0.25) is 4.79 Å².